The Hall–Kier alpha value is -2.30. The van der Waals surface area contributed by atoms with E-state index in [4.69, 9.17) is 27.9 Å². The lowest BCUT2D eigenvalue weighted by Gasteiger charge is -2.16. The van der Waals surface area contributed by atoms with E-state index in [1.54, 1.807) is 48.5 Å². The molecule has 2 aromatic rings. The van der Waals surface area contributed by atoms with E-state index < -0.39 is 11.8 Å². The summed E-state index contributed by atoms with van der Waals surface area (Å²) in [5.41, 5.74) is 0.870. The largest absolute Gasteiger partial charge is 0.496 e. The minimum Gasteiger partial charge on any atom is -0.496 e. The van der Waals surface area contributed by atoms with E-state index in [9.17, 15) is 9.59 Å². The molecule has 0 atom stereocenters. The van der Waals surface area contributed by atoms with Crippen molar-refractivity contribution < 1.29 is 14.3 Å². The van der Waals surface area contributed by atoms with Crippen LogP contribution in [-0.4, -0.2) is 18.9 Å². The SMILES string of the molecule is COc1ccccc1C1=C(Cl)C(=O)N(c2ccccc2Cl)C1=O. The molecule has 1 heterocycles. The lowest BCUT2D eigenvalue weighted by molar-refractivity contribution is -0.119. The van der Waals surface area contributed by atoms with E-state index in [1.807, 2.05) is 0 Å². The molecule has 0 spiro atoms. The van der Waals surface area contributed by atoms with Crippen molar-refractivity contribution in [3.8, 4) is 5.75 Å². The van der Waals surface area contributed by atoms with E-state index >= 15 is 0 Å². The summed E-state index contributed by atoms with van der Waals surface area (Å²) in [6, 6.07) is 13.5. The minimum atomic E-state index is -0.606. The number of rotatable bonds is 3. The first kappa shape index (κ1) is 15.6. The molecular formula is C17H11Cl2NO3. The number of methoxy groups -OCH3 is 1. The second-order valence-electron chi connectivity index (χ2n) is 4.79. The van der Waals surface area contributed by atoms with Crippen LogP contribution in [0.5, 0.6) is 5.75 Å². The summed E-state index contributed by atoms with van der Waals surface area (Å²) in [6.45, 7) is 0. The second kappa shape index (κ2) is 6.07. The predicted octanol–water partition coefficient (Wildman–Crippen LogP) is 3.87. The zero-order chi connectivity index (χ0) is 16.6. The zero-order valence-corrected chi connectivity index (χ0v) is 13.6. The summed E-state index contributed by atoms with van der Waals surface area (Å²) < 4.78 is 5.25. The maximum absolute atomic E-state index is 12.8. The van der Waals surface area contributed by atoms with Gasteiger partial charge in [-0.05, 0) is 18.2 Å². The van der Waals surface area contributed by atoms with Crippen LogP contribution >= 0.6 is 23.2 Å². The molecule has 6 heteroatoms. The van der Waals surface area contributed by atoms with E-state index in [1.165, 1.54) is 7.11 Å². The number of ether oxygens (including phenoxy) is 1. The number of para-hydroxylation sites is 2. The van der Waals surface area contributed by atoms with Gasteiger partial charge in [0.1, 0.15) is 10.8 Å². The molecular weight excluding hydrogens is 337 g/mol. The summed E-state index contributed by atoms with van der Waals surface area (Å²) in [5, 5.41) is 0.138. The van der Waals surface area contributed by atoms with Gasteiger partial charge in [0.25, 0.3) is 11.8 Å². The molecule has 0 radical (unpaired) electrons. The predicted molar refractivity (Wildman–Crippen MR) is 89.7 cm³/mol. The Morgan fingerprint density at radius 3 is 2.26 bits per heavy atom. The van der Waals surface area contributed by atoms with Crippen LogP contribution in [0.3, 0.4) is 0 Å². The summed E-state index contributed by atoms with van der Waals surface area (Å²) in [5.74, 6) is -0.675. The van der Waals surface area contributed by atoms with Crippen LogP contribution in [0.2, 0.25) is 5.02 Å². The van der Waals surface area contributed by atoms with E-state index in [2.05, 4.69) is 0 Å². The molecule has 1 aliphatic heterocycles. The first-order chi connectivity index (χ1) is 11.1. The fraction of sp³-hybridized carbons (Fsp3) is 0.0588. The van der Waals surface area contributed by atoms with Crippen LogP contribution < -0.4 is 9.64 Å². The molecule has 0 fully saturated rings. The molecule has 0 aliphatic carbocycles. The number of halogens is 2. The molecule has 4 nitrogen and oxygen atoms in total. The number of benzene rings is 2. The van der Waals surface area contributed by atoms with Crippen LogP contribution in [0.4, 0.5) is 5.69 Å². The van der Waals surface area contributed by atoms with Gasteiger partial charge in [-0.3, -0.25) is 9.59 Å². The molecule has 116 valence electrons. The highest BCUT2D eigenvalue weighted by atomic mass is 35.5. The third-order valence-electron chi connectivity index (χ3n) is 3.50. The van der Waals surface area contributed by atoms with Crippen molar-refractivity contribution in [2.24, 2.45) is 0 Å². The number of carbonyl (C=O) groups is 2. The van der Waals surface area contributed by atoms with Gasteiger partial charge in [-0.15, -0.1) is 0 Å². The van der Waals surface area contributed by atoms with Gasteiger partial charge in [-0.25, -0.2) is 4.90 Å². The van der Waals surface area contributed by atoms with Crippen LogP contribution in [-0.2, 0) is 9.59 Å². The van der Waals surface area contributed by atoms with Gasteiger partial charge in [0.05, 0.1) is 23.4 Å². The molecule has 0 unspecified atom stereocenters. The Balaban J connectivity index is 2.12. The Kier molecular flexibility index (Phi) is 4.11. The molecule has 0 N–H and O–H groups in total. The van der Waals surface area contributed by atoms with Gasteiger partial charge in [0.15, 0.2) is 0 Å². The lowest BCUT2D eigenvalue weighted by atomic mass is 10.1. The molecule has 0 aromatic heterocycles. The van der Waals surface area contributed by atoms with Gasteiger partial charge in [0, 0.05) is 5.56 Å². The quantitative estimate of drug-likeness (QED) is 0.791. The summed E-state index contributed by atoms with van der Waals surface area (Å²) in [4.78, 5) is 26.2. The second-order valence-corrected chi connectivity index (χ2v) is 5.57. The van der Waals surface area contributed by atoms with Gasteiger partial charge < -0.3 is 4.74 Å². The first-order valence-electron chi connectivity index (χ1n) is 6.72. The molecule has 2 aromatic carbocycles. The van der Waals surface area contributed by atoms with Gasteiger partial charge in [-0.1, -0.05) is 53.5 Å². The summed E-state index contributed by atoms with van der Waals surface area (Å²) in [7, 11) is 1.49. The van der Waals surface area contributed by atoms with Crippen molar-refractivity contribution in [2.45, 2.75) is 0 Å². The van der Waals surface area contributed by atoms with Crippen molar-refractivity contribution in [3.05, 3.63) is 64.1 Å². The standard InChI is InChI=1S/C17H11Cl2NO3/c1-23-13-9-5-2-6-10(13)14-15(19)17(22)20(16(14)21)12-8-4-3-7-11(12)18/h2-9H,1H3. The molecule has 1 aliphatic rings. The zero-order valence-electron chi connectivity index (χ0n) is 12.0. The Morgan fingerprint density at radius 2 is 1.57 bits per heavy atom. The highest BCUT2D eigenvalue weighted by Crippen LogP contribution is 2.39. The van der Waals surface area contributed by atoms with E-state index in [-0.39, 0.29) is 10.6 Å². The number of carbonyl (C=O) groups excluding carboxylic acids is 2. The third-order valence-corrected chi connectivity index (χ3v) is 4.17. The molecule has 3 rings (SSSR count). The molecule has 0 saturated carbocycles. The van der Waals surface area contributed by atoms with E-state index in [0.717, 1.165) is 4.90 Å². The Labute approximate surface area is 142 Å². The molecule has 0 bridgehead atoms. The van der Waals surface area contributed by atoms with E-state index in [0.29, 0.717) is 22.0 Å². The number of nitrogens with zero attached hydrogens (tertiary/aromatic N) is 1. The van der Waals surface area contributed by atoms with Crippen LogP contribution in [0, 0.1) is 0 Å². The highest BCUT2D eigenvalue weighted by Gasteiger charge is 2.40. The minimum absolute atomic E-state index is 0.106. The Morgan fingerprint density at radius 1 is 0.913 bits per heavy atom. The smallest absolute Gasteiger partial charge is 0.277 e. The molecule has 2 amide bonds. The van der Waals surface area contributed by atoms with Crippen molar-refractivity contribution in [3.63, 3.8) is 0 Å². The van der Waals surface area contributed by atoms with Crippen molar-refractivity contribution in [1.82, 2.24) is 0 Å². The fourth-order valence-electron chi connectivity index (χ4n) is 2.44. The first-order valence-corrected chi connectivity index (χ1v) is 7.48. The summed E-state index contributed by atoms with van der Waals surface area (Å²) in [6.07, 6.45) is 0. The number of anilines is 1. The number of hydrogen-bond donors (Lipinski definition) is 0. The third kappa shape index (κ3) is 2.50. The topological polar surface area (TPSA) is 46.6 Å². The summed E-state index contributed by atoms with van der Waals surface area (Å²) >= 11 is 12.3. The number of imide groups is 1. The van der Waals surface area contributed by atoms with Crippen LogP contribution in [0.15, 0.2) is 53.6 Å². The Bertz CT molecular complexity index is 845. The van der Waals surface area contributed by atoms with Crippen molar-refractivity contribution in [2.75, 3.05) is 12.0 Å². The highest BCUT2D eigenvalue weighted by molar-refractivity contribution is 6.60. The number of hydrogen-bond acceptors (Lipinski definition) is 3. The molecule has 0 saturated heterocycles. The van der Waals surface area contributed by atoms with Crippen molar-refractivity contribution >= 4 is 46.3 Å². The fourth-order valence-corrected chi connectivity index (χ4v) is 2.93. The van der Waals surface area contributed by atoms with Crippen LogP contribution in [0.1, 0.15) is 5.56 Å². The maximum atomic E-state index is 12.8. The van der Waals surface area contributed by atoms with Gasteiger partial charge in [-0.2, -0.15) is 0 Å². The average Bonchev–Trinajstić information content (AvgIpc) is 2.78. The normalized spacial score (nSPS) is 14.7. The lowest BCUT2D eigenvalue weighted by Crippen LogP contribution is -2.31. The maximum Gasteiger partial charge on any atom is 0.277 e. The van der Waals surface area contributed by atoms with Crippen molar-refractivity contribution in [1.29, 1.82) is 0 Å². The van der Waals surface area contributed by atoms with Gasteiger partial charge in [0.2, 0.25) is 0 Å². The average molecular weight is 348 g/mol. The monoisotopic (exact) mass is 347 g/mol. The van der Waals surface area contributed by atoms with Gasteiger partial charge >= 0.3 is 0 Å². The van der Waals surface area contributed by atoms with Crippen LogP contribution in [0.25, 0.3) is 5.57 Å². The number of amides is 2. The molecule has 23 heavy (non-hydrogen) atoms.